The molecule has 0 aliphatic rings. The molecule has 1 N–H and O–H groups in total. The standard InChI is InChI=1S/C12H15N3O3/c1-12(2,18-3)8-14-10-6-4-5-9(7-13)11(10)15(16)17/h4-6,14H,8H2,1-3H3. The van der Waals surface area contributed by atoms with Gasteiger partial charge in [0.05, 0.1) is 10.5 Å². The van der Waals surface area contributed by atoms with Gasteiger partial charge in [-0.2, -0.15) is 5.26 Å². The Morgan fingerprint density at radius 2 is 2.22 bits per heavy atom. The molecule has 0 heterocycles. The maximum absolute atomic E-state index is 11.0. The zero-order valence-corrected chi connectivity index (χ0v) is 10.6. The summed E-state index contributed by atoms with van der Waals surface area (Å²) in [7, 11) is 1.57. The van der Waals surface area contributed by atoms with E-state index >= 15 is 0 Å². The van der Waals surface area contributed by atoms with Crippen molar-refractivity contribution >= 4 is 11.4 Å². The van der Waals surface area contributed by atoms with E-state index in [0.29, 0.717) is 12.2 Å². The number of anilines is 1. The van der Waals surface area contributed by atoms with Crippen LogP contribution in [0.2, 0.25) is 0 Å². The van der Waals surface area contributed by atoms with E-state index in [0.717, 1.165) is 0 Å². The summed E-state index contributed by atoms with van der Waals surface area (Å²) in [5, 5.41) is 22.8. The van der Waals surface area contributed by atoms with Crippen molar-refractivity contribution in [3.8, 4) is 6.07 Å². The minimum Gasteiger partial charge on any atom is -0.377 e. The molecule has 6 heteroatoms. The molecule has 18 heavy (non-hydrogen) atoms. The summed E-state index contributed by atoms with van der Waals surface area (Å²) < 4.78 is 5.22. The van der Waals surface area contributed by atoms with Gasteiger partial charge in [0.15, 0.2) is 0 Å². The fourth-order valence-corrected chi connectivity index (χ4v) is 1.35. The third-order valence-corrected chi connectivity index (χ3v) is 2.60. The second kappa shape index (κ2) is 5.47. The van der Waals surface area contributed by atoms with Crippen LogP contribution in [-0.2, 0) is 4.74 Å². The first kappa shape index (κ1) is 13.9. The fraction of sp³-hybridized carbons (Fsp3) is 0.417. The number of benzene rings is 1. The van der Waals surface area contributed by atoms with Crippen LogP contribution in [0.4, 0.5) is 11.4 Å². The maximum Gasteiger partial charge on any atom is 0.309 e. The average Bonchev–Trinajstić information content (AvgIpc) is 2.35. The third-order valence-electron chi connectivity index (χ3n) is 2.60. The highest BCUT2D eigenvalue weighted by atomic mass is 16.6. The van der Waals surface area contributed by atoms with Crippen LogP contribution in [0.5, 0.6) is 0 Å². The lowest BCUT2D eigenvalue weighted by molar-refractivity contribution is -0.384. The number of ether oxygens (including phenoxy) is 1. The van der Waals surface area contributed by atoms with Gasteiger partial charge in [-0.1, -0.05) is 6.07 Å². The smallest absolute Gasteiger partial charge is 0.309 e. The topological polar surface area (TPSA) is 88.2 Å². The first-order valence-corrected chi connectivity index (χ1v) is 5.38. The number of hydrogen-bond donors (Lipinski definition) is 1. The van der Waals surface area contributed by atoms with Gasteiger partial charge in [-0.15, -0.1) is 0 Å². The van der Waals surface area contributed by atoms with E-state index < -0.39 is 10.5 Å². The molecule has 0 spiro atoms. The van der Waals surface area contributed by atoms with Crippen molar-refractivity contribution in [2.24, 2.45) is 0 Å². The van der Waals surface area contributed by atoms with Gasteiger partial charge in [0.25, 0.3) is 0 Å². The van der Waals surface area contributed by atoms with E-state index in [-0.39, 0.29) is 11.3 Å². The quantitative estimate of drug-likeness (QED) is 0.639. The molecule has 6 nitrogen and oxygen atoms in total. The Labute approximate surface area is 105 Å². The van der Waals surface area contributed by atoms with Crippen molar-refractivity contribution in [2.75, 3.05) is 19.0 Å². The summed E-state index contributed by atoms with van der Waals surface area (Å²) in [4.78, 5) is 10.4. The van der Waals surface area contributed by atoms with E-state index in [1.807, 2.05) is 19.9 Å². The molecule has 0 aromatic heterocycles. The van der Waals surface area contributed by atoms with E-state index in [9.17, 15) is 10.1 Å². The van der Waals surface area contributed by atoms with Crippen molar-refractivity contribution in [1.82, 2.24) is 0 Å². The summed E-state index contributed by atoms with van der Waals surface area (Å²) in [5.41, 5.74) is -0.285. The Morgan fingerprint density at radius 3 is 2.72 bits per heavy atom. The van der Waals surface area contributed by atoms with Crippen LogP contribution >= 0.6 is 0 Å². The minimum absolute atomic E-state index is 0.0419. The van der Waals surface area contributed by atoms with Crippen molar-refractivity contribution < 1.29 is 9.66 Å². The van der Waals surface area contributed by atoms with Crippen LogP contribution < -0.4 is 5.32 Å². The number of hydrogen-bond acceptors (Lipinski definition) is 5. The van der Waals surface area contributed by atoms with Crippen molar-refractivity contribution in [3.63, 3.8) is 0 Å². The molecule has 96 valence electrons. The van der Waals surface area contributed by atoms with Gasteiger partial charge in [0.1, 0.15) is 17.3 Å². The van der Waals surface area contributed by atoms with Gasteiger partial charge >= 0.3 is 5.69 Å². The van der Waals surface area contributed by atoms with Crippen molar-refractivity contribution in [3.05, 3.63) is 33.9 Å². The molecular formula is C12H15N3O3. The molecular weight excluding hydrogens is 234 g/mol. The normalized spacial score (nSPS) is 10.8. The molecule has 0 bridgehead atoms. The Bertz CT molecular complexity index is 492. The number of nitrogens with one attached hydrogen (secondary N) is 1. The van der Waals surface area contributed by atoms with Gasteiger partial charge < -0.3 is 10.1 Å². The second-order valence-electron chi connectivity index (χ2n) is 4.39. The van der Waals surface area contributed by atoms with E-state index in [4.69, 9.17) is 10.00 Å². The number of nitro groups is 1. The summed E-state index contributed by atoms with van der Waals surface area (Å²) in [6.07, 6.45) is 0. The van der Waals surface area contributed by atoms with Crippen LogP contribution in [0, 0.1) is 21.4 Å². The lowest BCUT2D eigenvalue weighted by atomic mass is 10.1. The van der Waals surface area contributed by atoms with Gasteiger partial charge in [-0.05, 0) is 26.0 Å². The zero-order valence-electron chi connectivity index (χ0n) is 10.6. The molecule has 0 atom stereocenters. The number of nitrogens with zero attached hydrogens (tertiary/aromatic N) is 2. The minimum atomic E-state index is -0.555. The van der Waals surface area contributed by atoms with Crippen LogP contribution in [0.3, 0.4) is 0 Å². The van der Waals surface area contributed by atoms with Gasteiger partial charge in [0.2, 0.25) is 0 Å². The van der Waals surface area contributed by atoms with E-state index in [1.54, 1.807) is 19.2 Å². The predicted octanol–water partition coefficient (Wildman–Crippen LogP) is 2.30. The highest BCUT2D eigenvalue weighted by Crippen LogP contribution is 2.28. The molecule has 1 aromatic carbocycles. The first-order valence-electron chi connectivity index (χ1n) is 5.38. The van der Waals surface area contributed by atoms with Crippen LogP contribution in [0.1, 0.15) is 19.4 Å². The number of methoxy groups -OCH3 is 1. The molecule has 0 aliphatic heterocycles. The number of rotatable bonds is 5. The number of para-hydroxylation sites is 1. The fourth-order valence-electron chi connectivity index (χ4n) is 1.35. The largest absolute Gasteiger partial charge is 0.377 e. The molecule has 1 rings (SSSR count). The van der Waals surface area contributed by atoms with Crippen LogP contribution in [0.15, 0.2) is 18.2 Å². The molecule has 0 saturated carbocycles. The Hall–Kier alpha value is -2.13. The van der Waals surface area contributed by atoms with Gasteiger partial charge in [-0.25, -0.2) is 0 Å². The van der Waals surface area contributed by atoms with Gasteiger partial charge in [0, 0.05) is 13.7 Å². The summed E-state index contributed by atoms with van der Waals surface area (Å²) >= 11 is 0. The zero-order chi connectivity index (χ0) is 13.8. The van der Waals surface area contributed by atoms with Gasteiger partial charge in [-0.3, -0.25) is 10.1 Å². The van der Waals surface area contributed by atoms with Crippen LogP contribution in [0.25, 0.3) is 0 Å². The Kier molecular flexibility index (Phi) is 4.23. The summed E-state index contributed by atoms with van der Waals surface area (Å²) in [5.74, 6) is 0. The summed E-state index contributed by atoms with van der Waals surface area (Å²) in [6, 6.07) is 6.42. The second-order valence-corrected chi connectivity index (χ2v) is 4.39. The summed E-state index contributed by atoms with van der Waals surface area (Å²) in [6.45, 7) is 4.12. The molecule has 0 saturated heterocycles. The number of nitriles is 1. The number of nitro benzene ring substituents is 1. The first-order chi connectivity index (χ1) is 8.41. The molecule has 0 aliphatic carbocycles. The maximum atomic E-state index is 11.0. The highest BCUT2D eigenvalue weighted by molar-refractivity contribution is 5.68. The third kappa shape index (κ3) is 3.18. The lowest BCUT2D eigenvalue weighted by Crippen LogP contribution is -2.32. The molecule has 0 fully saturated rings. The van der Waals surface area contributed by atoms with Crippen molar-refractivity contribution in [2.45, 2.75) is 19.4 Å². The Balaban J connectivity index is 3.03. The highest BCUT2D eigenvalue weighted by Gasteiger charge is 2.22. The Morgan fingerprint density at radius 1 is 1.56 bits per heavy atom. The molecule has 0 radical (unpaired) electrons. The average molecular weight is 249 g/mol. The SMILES string of the molecule is COC(C)(C)CNc1cccc(C#N)c1[N+](=O)[O-]. The van der Waals surface area contributed by atoms with Crippen LogP contribution in [-0.4, -0.2) is 24.2 Å². The van der Waals surface area contributed by atoms with E-state index in [1.165, 1.54) is 6.07 Å². The van der Waals surface area contributed by atoms with E-state index in [2.05, 4.69) is 5.32 Å². The molecule has 0 unspecified atom stereocenters. The predicted molar refractivity (Wildman–Crippen MR) is 67.4 cm³/mol. The molecule has 1 aromatic rings. The lowest BCUT2D eigenvalue weighted by Gasteiger charge is -2.23. The van der Waals surface area contributed by atoms with Crippen molar-refractivity contribution in [1.29, 1.82) is 5.26 Å². The monoisotopic (exact) mass is 249 g/mol. The molecule has 0 amide bonds.